The van der Waals surface area contributed by atoms with E-state index in [2.05, 4.69) is 10.3 Å². The van der Waals surface area contributed by atoms with Gasteiger partial charge >= 0.3 is 0 Å². The van der Waals surface area contributed by atoms with Gasteiger partial charge in [-0.15, -0.1) is 0 Å². The van der Waals surface area contributed by atoms with Crippen molar-refractivity contribution in [1.82, 2.24) is 10.3 Å². The quantitative estimate of drug-likeness (QED) is 0.802. The number of rotatable bonds is 3. The second-order valence-corrected chi connectivity index (χ2v) is 6.71. The van der Waals surface area contributed by atoms with Gasteiger partial charge in [-0.25, -0.2) is 13.4 Å². The van der Waals surface area contributed by atoms with Crippen LogP contribution < -0.4 is 11.1 Å². The lowest BCUT2D eigenvalue weighted by molar-refractivity contribution is 0.0953. The van der Waals surface area contributed by atoms with Crippen LogP contribution in [-0.4, -0.2) is 36.9 Å². The molecule has 98 valence electrons. The Kier molecular flexibility index (Phi) is 3.51. The lowest BCUT2D eigenvalue weighted by Crippen LogP contribution is -2.34. The highest BCUT2D eigenvalue weighted by Crippen LogP contribution is 2.19. The first-order chi connectivity index (χ1) is 8.49. The van der Waals surface area contributed by atoms with Crippen LogP contribution in [0.15, 0.2) is 18.3 Å². The second kappa shape index (κ2) is 4.93. The molecule has 7 heteroatoms. The number of carbonyl (C=O) groups excluding carboxylic acids is 1. The molecule has 1 saturated heterocycles. The van der Waals surface area contributed by atoms with Crippen LogP contribution in [0.25, 0.3) is 0 Å². The van der Waals surface area contributed by atoms with Crippen LogP contribution in [-0.2, 0) is 9.84 Å². The molecule has 2 heterocycles. The zero-order valence-electron chi connectivity index (χ0n) is 9.80. The third-order valence-corrected chi connectivity index (χ3v) is 5.27. The Morgan fingerprint density at radius 2 is 2.33 bits per heavy atom. The zero-order valence-corrected chi connectivity index (χ0v) is 10.6. The molecule has 1 unspecified atom stereocenters. The van der Waals surface area contributed by atoms with Crippen LogP contribution in [0.5, 0.6) is 0 Å². The van der Waals surface area contributed by atoms with E-state index < -0.39 is 15.1 Å². The zero-order chi connectivity index (χ0) is 13.2. The summed E-state index contributed by atoms with van der Waals surface area (Å²) >= 11 is 0. The van der Waals surface area contributed by atoms with Crippen molar-refractivity contribution in [1.29, 1.82) is 0 Å². The highest BCUT2D eigenvalue weighted by molar-refractivity contribution is 7.92. The van der Waals surface area contributed by atoms with Gasteiger partial charge in [-0.05, 0) is 25.0 Å². The van der Waals surface area contributed by atoms with Gasteiger partial charge in [0.1, 0.15) is 5.82 Å². The van der Waals surface area contributed by atoms with Crippen molar-refractivity contribution >= 4 is 21.6 Å². The van der Waals surface area contributed by atoms with Crippen LogP contribution in [0, 0.1) is 0 Å². The van der Waals surface area contributed by atoms with Crippen LogP contribution in [0.4, 0.5) is 5.82 Å². The molecule has 2 rings (SSSR count). The van der Waals surface area contributed by atoms with Gasteiger partial charge in [0, 0.05) is 18.3 Å². The van der Waals surface area contributed by atoms with Crippen LogP contribution in [0.2, 0.25) is 0 Å². The molecule has 1 atom stereocenters. The Balaban J connectivity index is 1.97. The molecule has 0 radical (unpaired) electrons. The maximum absolute atomic E-state index is 11.8. The number of hydrogen-bond donors (Lipinski definition) is 2. The van der Waals surface area contributed by atoms with E-state index in [1.807, 2.05) is 0 Å². The summed E-state index contributed by atoms with van der Waals surface area (Å²) in [6.45, 7) is 0.156. The average molecular weight is 269 g/mol. The molecule has 1 aliphatic rings. The maximum Gasteiger partial charge on any atom is 0.251 e. The minimum atomic E-state index is -3.02. The second-order valence-electron chi connectivity index (χ2n) is 4.31. The number of nitrogens with zero attached hydrogens (tertiary/aromatic N) is 1. The van der Waals surface area contributed by atoms with E-state index in [-0.39, 0.29) is 24.0 Å². The van der Waals surface area contributed by atoms with E-state index in [0.717, 1.165) is 0 Å². The molecule has 0 aliphatic carbocycles. The Bertz CT molecular complexity index is 556. The van der Waals surface area contributed by atoms with Gasteiger partial charge in [0.05, 0.1) is 11.0 Å². The normalized spacial score (nSPS) is 21.7. The first-order valence-electron chi connectivity index (χ1n) is 5.70. The monoisotopic (exact) mass is 269 g/mol. The number of hydrogen-bond acceptors (Lipinski definition) is 5. The molecule has 6 nitrogen and oxygen atoms in total. The fraction of sp³-hybridized carbons (Fsp3) is 0.455. The fourth-order valence-electron chi connectivity index (χ4n) is 1.99. The molecule has 3 N–H and O–H groups in total. The minimum Gasteiger partial charge on any atom is -0.384 e. The third-order valence-electron chi connectivity index (χ3n) is 3.00. The molecule has 0 saturated carbocycles. The first-order valence-corrected chi connectivity index (χ1v) is 7.42. The molecule has 1 aromatic rings. The number of nitrogens with one attached hydrogen (secondary N) is 1. The summed E-state index contributed by atoms with van der Waals surface area (Å²) in [5, 5.41) is 2.16. The predicted molar refractivity (Wildman–Crippen MR) is 67.8 cm³/mol. The number of pyridine rings is 1. The Hall–Kier alpha value is -1.63. The van der Waals surface area contributed by atoms with Crippen molar-refractivity contribution in [3.63, 3.8) is 0 Å². The summed E-state index contributed by atoms with van der Waals surface area (Å²) in [7, 11) is -3.02. The Morgan fingerprint density at radius 3 is 2.94 bits per heavy atom. The van der Waals surface area contributed by atoms with Gasteiger partial charge in [0.25, 0.3) is 5.91 Å². The minimum absolute atomic E-state index is 0.156. The standard InChI is InChI=1S/C11H15N3O3S/c12-10-6-8(3-4-13-10)11(15)14-7-9-2-1-5-18(9,16)17/h3-4,6,9H,1-2,5,7H2,(H2,12,13)(H,14,15). The van der Waals surface area contributed by atoms with Crippen molar-refractivity contribution < 1.29 is 13.2 Å². The molecule has 0 spiro atoms. The van der Waals surface area contributed by atoms with Crippen molar-refractivity contribution in [2.24, 2.45) is 0 Å². The number of sulfone groups is 1. The molecule has 0 bridgehead atoms. The molecule has 1 aromatic heterocycles. The summed E-state index contributed by atoms with van der Waals surface area (Å²) < 4.78 is 23.2. The van der Waals surface area contributed by atoms with Crippen molar-refractivity contribution in [3.05, 3.63) is 23.9 Å². The van der Waals surface area contributed by atoms with Gasteiger partial charge in [-0.1, -0.05) is 0 Å². The van der Waals surface area contributed by atoms with Crippen molar-refractivity contribution in [3.8, 4) is 0 Å². The van der Waals surface area contributed by atoms with Crippen molar-refractivity contribution in [2.45, 2.75) is 18.1 Å². The molecule has 0 aromatic carbocycles. The average Bonchev–Trinajstić information content (AvgIpc) is 2.65. The highest BCUT2D eigenvalue weighted by atomic mass is 32.2. The number of amides is 1. The summed E-state index contributed by atoms with van der Waals surface area (Å²) in [6, 6.07) is 2.99. The Labute approximate surface area is 106 Å². The van der Waals surface area contributed by atoms with E-state index in [1.54, 1.807) is 0 Å². The molecular weight excluding hydrogens is 254 g/mol. The van der Waals surface area contributed by atoms with Gasteiger partial charge in [0.2, 0.25) is 0 Å². The molecule has 1 fully saturated rings. The Morgan fingerprint density at radius 1 is 1.56 bits per heavy atom. The largest absolute Gasteiger partial charge is 0.384 e. The topological polar surface area (TPSA) is 102 Å². The number of aromatic nitrogens is 1. The van der Waals surface area contributed by atoms with E-state index in [1.165, 1.54) is 18.3 Å². The van der Waals surface area contributed by atoms with E-state index in [9.17, 15) is 13.2 Å². The van der Waals surface area contributed by atoms with E-state index in [4.69, 9.17) is 5.73 Å². The molecule has 1 aliphatic heterocycles. The number of nitrogens with two attached hydrogens (primary N) is 1. The number of carbonyl (C=O) groups is 1. The van der Waals surface area contributed by atoms with Gasteiger partial charge < -0.3 is 11.1 Å². The van der Waals surface area contributed by atoms with E-state index >= 15 is 0 Å². The van der Waals surface area contributed by atoms with E-state index in [0.29, 0.717) is 18.4 Å². The molecule has 1 amide bonds. The van der Waals surface area contributed by atoms with Gasteiger partial charge in [-0.2, -0.15) is 0 Å². The summed E-state index contributed by atoms with van der Waals surface area (Å²) in [5.41, 5.74) is 5.86. The highest BCUT2D eigenvalue weighted by Gasteiger charge is 2.31. The summed E-state index contributed by atoms with van der Waals surface area (Å²) in [4.78, 5) is 15.6. The van der Waals surface area contributed by atoms with Crippen molar-refractivity contribution in [2.75, 3.05) is 18.0 Å². The lowest BCUT2D eigenvalue weighted by Gasteiger charge is -2.10. The number of nitrogen functional groups attached to an aromatic ring is 1. The predicted octanol–water partition coefficient (Wildman–Crippen LogP) is -0.0292. The lowest BCUT2D eigenvalue weighted by atomic mass is 10.2. The molecular formula is C11H15N3O3S. The van der Waals surface area contributed by atoms with Crippen LogP contribution >= 0.6 is 0 Å². The maximum atomic E-state index is 11.8. The number of anilines is 1. The third kappa shape index (κ3) is 2.79. The molecule has 18 heavy (non-hydrogen) atoms. The van der Waals surface area contributed by atoms with Crippen LogP contribution in [0.1, 0.15) is 23.2 Å². The first kappa shape index (κ1) is 12.8. The summed E-state index contributed by atoms with van der Waals surface area (Å²) in [6.07, 6.45) is 2.72. The van der Waals surface area contributed by atoms with Crippen LogP contribution in [0.3, 0.4) is 0 Å². The van der Waals surface area contributed by atoms with Gasteiger partial charge in [0.15, 0.2) is 9.84 Å². The fourth-order valence-corrected chi connectivity index (χ4v) is 3.75. The van der Waals surface area contributed by atoms with Gasteiger partial charge in [-0.3, -0.25) is 4.79 Å². The smallest absolute Gasteiger partial charge is 0.251 e. The SMILES string of the molecule is Nc1cc(C(=O)NCC2CCCS2(=O)=O)ccn1. The summed E-state index contributed by atoms with van der Waals surface area (Å²) in [5.74, 6) is 0.151.